The zero-order valence-electron chi connectivity index (χ0n) is 13.0. The predicted molar refractivity (Wildman–Crippen MR) is 84.4 cm³/mol. The Morgan fingerprint density at radius 2 is 1.90 bits per heavy atom. The number of carbonyl (C=O) groups excluding carboxylic acids is 1. The smallest absolute Gasteiger partial charge is 0.228 e. The van der Waals surface area contributed by atoms with Crippen LogP contribution < -0.4 is 5.73 Å². The van der Waals surface area contributed by atoms with Gasteiger partial charge in [0, 0.05) is 18.6 Å². The molecule has 2 saturated carbocycles. The molecule has 3 rings (SSSR count). The van der Waals surface area contributed by atoms with E-state index in [1.54, 1.807) is 0 Å². The molecule has 2 bridgehead atoms. The van der Waals surface area contributed by atoms with Crippen LogP contribution >= 0.6 is 0 Å². The van der Waals surface area contributed by atoms with Crippen molar-refractivity contribution >= 4 is 5.91 Å². The second kappa shape index (κ2) is 5.80. The fourth-order valence-corrected chi connectivity index (χ4v) is 4.19. The van der Waals surface area contributed by atoms with Gasteiger partial charge in [-0.25, -0.2) is 0 Å². The molecule has 2 fully saturated rings. The van der Waals surface area contributed by atoms with Crippen LogP contribution in [-0.2, 0) is 11.3 Å². The molecule has 2 N–H and O–H groups in total. The second-order valence-corrected chi connectivity index (χ2v) is 6.98. The van der Waals surface area contributed by atoms with Crippen LogP contribution in [-0.4, -0.2) is 22.9 Å². The van der Waals surface area contributed by atoms with Crippen LogP contribution in [0.1, 0.15) is 38.7 Å². The number of hydrogen-bond donors (Lipinski definition) is 1. The molecule has 4 unspecified atom stereocenters. The van der Waals surface area contributed by atoms with Crippen LogP contribution in [0.5, 0.6) is 0 Å². The molecule has 0 radical (unpaired) electrons. The van der Waals surface area contributed by atoms with Gasteiger partial charge in [0.1, 0.15) is 0 Å². The number of fused-ring (bicyclic) bond motifs is 2. The Balaban J connectivity index is 1.76. The molecule has 1 aromatic rings. The molecular weight excluding hydrogens is 260 g/mol. The van der Waals surface area contributed by atoms with Gasteiger partial charge in [-0.3, -0.25) is 4.79 Å². The molecule has 0 aromatic heterocycles. The van der Waals surface area contributed by atoms with Crippen LogP contribution in [0.25, 0.3) is 0 Å². The molecule has 3 nitrogen and oxygen atoms in total. The summed E-state index contributed by atoms with van der Waals surface area (Å²) in [6.45, 7) is 4.89. The fourth-order valence-electron chi connectivity index (χ4n) is 4.19. The summed E-state index contributed by atoms with van der Waals surface area (Å²) in [7, 11) is 0. The molecule has 0 heterocycles. The van der Waals surface area contributed by atoms with Crippen LogP contribution in [0, 0.1) is 17.8 Å². The number of carbonyl (C=O) groups is 1. The van der Waals surface area contributed by atoms with E-state index in [9.17, 15) is 4.79 Å². The lowest BCUT2D eigenvalue weighted by Gasteiger charge is -2.35. The third kappa shape index (κ3) is 2.71. The van der Waals surface area contributed by atoms with Crippen molar-refractivity contribution in [3.05, 3.63) is 35.9 Å². The molecule has 2 aliphatic carbocycles. The van der Waals surface area contributed by atoms with Crippen molar-refractivity contribution in [3.8, 4) is 0 Å². The summed E-state index contributed by atoms with van der Waals surface area (Å²) in [5.74, 6) is 1.42. The fraction of sp³-hybridized carbons (Fsp3) is 0.611. The van der Waals surface area contributed by atoms with E-state index in [4.69, 9.17) is 5.73 Å². The summed E-state index contributed by atoms with van der Waals surface area (Å²) in [6.07, 6.45) is 3.57. The average molecular weight is 286 g/mol. The first-order valence-electron chi connectivity index (χ1n) is 8.18. The van der Waals surface area contributed by atoms with Crippen LogP contribution in [0.3, 0.4) is 0 Å². The Morgan fingerprint density at radius 1 is 1.24 bits per heavy atom. The van der Waals surface area contributed by atoms with E-state index < -0.39 is 0 Å². The Hall–Kier alpha value is -1.35. The highest BCUT2D eigenvalue weighted by molar-refractivity contribution is 5.81. The quantitative estimate of drug-likeness (QED) is 0.925. The molecule has 2 aliphatic rings. The molecule has 0 spiro atoms. The minimum atomic E-state index is 0.0508. The summed E-state index contributed by atoms with van der Waals surface area (Å²) in [4.78, 5) is 15.1. The maximum Gasteiger partial charge on any atom is 0.228 e. The third-order valence-corrected chi connectivity index (χ3v) is 5.37. The van der Waals surface area contributed by atoms with Gasteiger partial charge in [0.25, 0.3) is 0 Å². The highest BCUT2D eigenvalue weighted by atomic mass is 16.2. The van der Waals surface area contributed by atoms with E-state index in [1.807, 2.05) is 23.1 Å². The van der Waals surface area contributed by atoms with Crippen molar-refractivity contribution in [2.75, 3.05) is 0 Å². The van der Waals surface area contributed by atoms with Crippen LogP contribution in [0.15, 0.2) is 30.3 Å². The molecule has 114 valence electrons. The summed E-state index contributed by atoms with van der Waals surface area (Å²) < 4.78 is 0. The zero-order valence-corrected chi connectivity index (χ0v) is 13.0. The highest BCUT2D eigenvalue weighted by Crippen LogP contribution is 2.48. The van der Waals surface area contributed by atoms with E-state index in [1.165, 1.54) is 18.4 Å². The largest absolute Gasteiger partial charge is 0.336 e. The number of benzene rings is 1. The number of nitrogens with two attached hydrogens (primary N) is 1. The first kappa shape index (κ1) is 14.6. The molecular formula is C18H26N2O. The Bertz CT molecular complexity index is 497. The molecule has 21 heavy (non-hydrogen) atoms. The first-order chi connectivity index (χ1) is 10.1. The van der Waals surface area contributed by atoms with Crippen LogP contribution in [0.4, 0.5) is 0 Å². The standard InChI is InChI=1S/C18H26N2O/c1-12(2)20(11-13-6-4-3-5-7-13)18(21)16-14-8-9-15(10-14)17(16)19/h3-7,12,14-17H,8-11,19H2,1-2H3. The van der Waals surface area contributed by atoms with Crippen molar-refractivity contribution in [1.82, 2.24) is 4.90 Å². The number of nitrogens with zero attached hydrogens (tertiary/aromatic N) is 1. The van der Waals surface area contributed by atoms with Crippen LogP contribution in [0.2, 0.25) is 0 Å². The predicted octanol–water partition coefficient (Wildman–Crippen LogP) is 2.80. The number of rotatable bonds is 4. The van der Waals surface area contributed by atoms with Gasteiger partial charge in [-0.15, -0.1) is 0 Å². The SMILES string of the molecule is CC(C)N(Cc1ccccc1)C(=O)C1C2CCC(C2)C1N. The lowest BCUT2D eigenvalue weighted by atomic mass is 9.83. The maximum atomic E-state index is 13.0. The highest BCUT2D eigenvalue weighted by Gasteiger charge is 2.50. The summed E-state index contributed by atoms with van der Waals surface area (Å²) in [5, 5.41) is 0. The molecule has 3 heteroatoms. The summed E-state index contributed by atoms with van der Waals surface area (Å²) >= 11 is 0. The Kier molecular flexibility index (Phi) is 4.03. The number of amides is 1. The van der Waals surface area contributed by atoms with Gasteiger partial charge in [-0.05, 0) is 50.5 Å². The Morgan fingerprint density at radius 3 is 2.48 bits per heavy atom. The third-order valence-electron chi connectivity index (χ3n) is 5.37. The van der Waals surface area contributed by atoms with E-state index in [-0.39, 0.29) is 23.9 Å². The minimum absolute atomic E-state index is 0.0508. The Labute approximate surface area is 127 Å². The van der Waals surface area contributed by atoms with Crippen molar-refractivity contribution in [3.63, 3.8) is 0 Å². The summed E-state index contributed by atoms with van der Waals surface area (Å²) in [5.41, 5.74) is 7.54. The van der Waals surface area contributed by atoms with E-state index in [2.05, 4.69) is 26.0 Å². The van der Waals surface area contributed by atoms with E-state index in [0.717, 1.165) is 6.42 Å². The lowest BCUT2D eigenvalue weighted by molar-refractivity contribution is -0.140. The first-order valence-corrected chi connectivity index (χ1v) is 8.18. The minimum Gasteiger partial charge on any atom is -0.336 e. The van der Waals surface area contributed by atoms with Crippen molar-refractivity contribution in [2.45, 2.75) is 51.7 Å². The van der Waals surface area contributed by atoms with Gasteiger partial charge >= 0.3 is 0 Å². The van der Waals surface area contributed by atoms with Crippen molar-refractivity contribution in [2.24, 2.45) is 23.5 Å². The zero-order chi connectivity index (χ0) is 15.0. The summed E-state index contributed by atoms with van der Waals surface area (Å²) in [6, 6.07) is 10.5. The van der Waals surface area contributed by atoms with Gasteiger partial charge in [-0.2, -0.15) is 0 Å². The molecule has 4 atom stereocenters. The average Bonchev–Trinajstić information content (AvgIpc) is 3.06. The lowest BCUT2D eigenvalue weighted by Crippen LogP contribution is -2.48. The molecule has 1 amide bonds. The second-order valence-electron chi connectivity index (χ2n) is 6.98. The normalized spacial score (nSPS) is 30.9. The monoisotopic (exact) mass is 286 g/mol. The molecule has 1 aromatic carbocycles. The molecule has 0 saturated heterocycles. The van der Waals surface area contributed by atoms with Gasteiger partial charge in [0.05, 0.1) is 5.92 Å². The van der Waals surface area contributed by atoms with E-state index in [0.29, 0.717) is 18.4 Å². The van der Waals surface area contributed by atoms with Gasteiger partial charge < -0.3 is 10.6 Å². The van der Waals surface area contributed by atoms with Crippen molar-refractivity contribution in [1.29, 1.82) is 0 Å². The van der Waals surface area contributed by atoms with Gasteiger partial charge in [0.15, 0.2) is 0 Å². The maximum absolute atomic E-state index is 13.0. The molecule has 0 aliphatic heterocycles. The number of hydrogen-bond acceptors (Lipinski definition) is 2. The van der Waals surface area contributed by atoms with Gasteiger partial charge in [-0.1, -0.05) is 30.3 Å². The van der Waals surface area contributed by atoms with E-state index >= 15 is 0 Å². The van der Waals surface area contributed by atoms with Gasteiger partial charge in [0.2, 0.25) is 5.91 Å². The van der Waals surface area contributed by atoms with Crippen molar-refractivity contribution < 1.29 is 4.79 Å². The topological polar surface area (TPSA) is 46.3 Å².